The van der Waals surface area contributed by atoms with Gasteiger partial charge in [0.1, 0.15) is 42.2 Å². The highest BCUT2D eigenvalue weighted by molar-refractivity contribution is 5.41. The van der Waals surface area contributed by atoms with Crippen LogP contribution in [0.15, 0.2) is 42.5 Å². The van der Waals surface area contributed by atoms with Gasteiger partial charge >= 0.3 is 0 Å². The third kappa shape index (κ3) is 5.80. The van der Waals surface area contributed by atoms with E-state index >= 15 is 0 Å². The van der Waals surface area contributed by atoms with Gasteiger partial charge in [0.05, 0.1) is 6.10 Å². The summed E-state index contributed by atoms with van der Waals surface area (Å²) in [4.78, 5) is 0. The zero-order chi connectivity index (χ0) is 24.9. The standard InChI is InChI=1S/C29H38O7/c1-32-29-28(35-22-16-14-21(15-17-22)34-20-10-3-2-4-11-20)27(31)26(30)25(36-29)18-33-24-13-7-9-19-8-5-6-12-23(19)24/h7,9,13-17,20,25-31H,2-6,8,10-12,18H2,1H3/t25-,26-,27+,28-,29+/m1/s1. The summed E-state index contributed by atoms with van der Waals surface area (Å²) in [5, 5.41) is 21.7. The van der Waals surface area contributed by atoms with Crippen LogP contribution in [0.5, 0.6) is 17.2 Å². The van der Waals surface area contributed by atoms with E-state index in [4.69, 9.17) is 23.7 Å². The summed E-state index contributed by atoms with van der Waals surface area (Å²) in [6.07, 6.45) is 5.66. The number of rotatable bonds is 8. The van der Waals surface area contributed by atoms with Gasteiger partial charge in [-0.05, 0) is 92.8 Å². The molecule has 36 heavy (non-hydrogen) atoms. The number of hydrogen-bond donors (Lipinski definition) is 2. The van der Waals surface area contributed by atoms with Gasteiger partial charge in [-0.2, -0.15) is 0 Å². The Bertz CT molecular complexity index is 970. The first-order valence-electron chi connectivity index (χ1n) is 13.3. The van der Waals surface area contributed by atoms with E-state index in [1.54, 1.807) is 12.1 Å². The van der Waals surface area contributed by atoms with Crippen LogP contribution in [0.3, 0.4) is 0 Å². The van der Waals surface area contributed by atoms with E-state index in [2.05, 4.69) is 6.07 Å². The Morgan fingerprint density at radius 2 is 1.56 bits per heavy atom. The Hall–Kier alpha value is -2.32. The fourth-order valence-electron chi connectivity index (χ4n) is 5.54. The van der Waals surface area contributed by atoms with Gasteiger partial charge in [-0.1, -0.05) is 18.6 Å². The van der Waals surface area contributed by atoms with Gasteiger partial charge in [-0.3, -0.25) is 0 Å². The zero-order valence-corrected chi connectivity index (χ0v) is 21.0. The van der Waals surface area contributed by atoms with Gasteiger partial charge in [-0.25, -0.2) is 0 Å². The van der Waals surface area contributed by atoms with E-state index < -0.39 is 30.7 Å². The van der Waals surface area contributed by atoms with E-state index in [9.17, 15) is 10.2 Å². The number of methoxy groups -OCH3 is 1. The highest BCUT2D eigenvalue weighted by Crippen LogP contribution is 2.32. The normalized spacial score (nSPS) is 28.8. The summed E-state index contributed by atoms with van der Waals surface area (Å²) in [6.45, 7) is 0.106. The molecule has 0 aromatic heterocycles. The molecule has 1 heterocycles. The van der Waals surface area contributed by atoms with Crippen LogP contribution in [0.25, 0.3) is 0 Å². The molecule has 1 saturated heterocycles. The van der Waals surface area contributed by atoms with Crippen molar-refractivity contribution >= 4 is 0 Å². The lowest BCUT2D eigenvalue weighted by Gasteiger charge is -2.41. The monoisotopic (exact) mass is 498 g/mol. The van der Waals surface area contributed by atoms with Crippen molar-refractivity contribution < 1.29 is 33.9 Å². The number of fused-ring (bicyclic) bond motifs is 1. The van der Waals surface area contributed by atoms with Crippen molar-refractivity contribution in [1.82, 2.24) is 0 Å². The number of hydrogen-bond acceptors (Lipinski definition) is 7. The average molecular weight is 499 g/mol. The molecule has 2 N–H and O–H groups in total. The maximum Gasteiger partial charge on any atom is 0.197 e. The van der Waals surface area contributed by atoms with Crippen molar-refractivity contribution in [2.75, 3.05) is 13.7 Å². The second kappa shape index (κ2) is 11.8. The molecule has 5 rings (SSSR count). The minimum Gasteiger partial charge on any atom is -0.490 e. The summed E-state index contributed by atoms with van der Waals surface area (Å²) in [6, 6.07) is 13.5. The molecule has 196 valence electrons. The molecule has 0 bridgehead atoms. The van der Waals surface area contributed by atoms with Crippen LogP contribution in [0.1, 0.15) is 56.1 Å². The molecular weight excluding hydrogens is 460 g/mol. The molecule has 7 nitrogen and oxygen atoms in total. The Morgan fingerprint density at radius 1 is 0.833 bits per heavy atom. The maximum absolute atomic E-state index is 10.9. The number of aliphatic hydroxyl groups is 2. The lowest BCUT2D eigenvalue weighted by Crippen LogP contribution is -2.61. The average Bonchev–Trinajstić information content (AvgIpc) is 2.92. The molecule has 0 amide bonds. The summed E-state index contributed by atoms with van der Waals surface area (Å²) in [5.74, 6) is 2.16. The molecule has 2 fully saturated rings. The fraction of sp³-hybridized carbons (Fsp3) is 0.586. The topological polar surface area (TPSA) is 86.6 Å². The lowest BCUT2D eigenvalue weighted by atomic mass is 9.91. The van der Waals surface area contributed by atoms with Crippen molar-refractivity contribution in [3.05, 3.63) is 53.6 Å². The molecule has 2 aromatic carbocycles. The van der Waals surface area contributed by atoms with Gasteiger partial charge in [0.2, 0.25) is 0 Å². The minimum absolute atomic E-state index is 0.106. The summed E-state index contributed by atoms with van der Waals surface area (Å²) >= 11 is 0. The molecule has 7 heteroatoms. The van der Waals surface area contributed by atoms with Crippen molar-refractivity contribution in [2.45, 2.75) is 94.6 Å². The molecule has 0 radical (unpaired) electrons. The Labute approximate surface area is 213 Å². The Kier molecular flexibility index (Phi) is 8.32. The molecule has 0 spiro atoms. The summed E-state index contributed by atoms with van der Waals surface area (Å²) in [5.41, 5.74) is 2.55. The van der Waals surface area contributed by atoms with Crippen LogP contribution in [-0.4, -0.2) is 60.7 Å². The van der Waals surface area contributed by atoms with Gasteiger partial charge in [0, 0.05) is 7.11 Å². The van der Waals surface area contributed by atoms with E-state index in [0.29, 0.717) is 5.75 Å². The smallest absolute Gasteiger partial charge is 0.197 e. The van der Waals surface area contributed by atoms with E-state index in [0.717, 1.165) is 43.6 Å². The first-order valence-corrected chi connectivity index (χ1v) is 13.3. The molecule has 3 aliphatic rings. The Balaban J connectivity index is 1.19. The van der Waals surface area contributed by atoms with Gasteiger partial charge in [0.15, 0.2) is 12.4 Å². The molecular formula is C29H38O7. The predicted molar refractivity (Wildman–Crippen MR) is 135 cm³/mol. The second-order valence-corrected chi connectivity index (χ2v) is 10.1. The van der Waals surface area contributed by atoms with Crippen molar-refractivity contribution in [3.63, 3.8) is 0 Å². The van der Waals surface area contributed by atoms with Crippen LogP contribution in [-0.2, 0) is 22.3 Å². The molecule has 5 atom stereocenters. The Morgan fingerprint density at radius 3 is 2.31 bits per heavy atom. The SMILES string of the molecule is CO[C@H]1O[C@H](COc2cccc3c2CCCC3)[C@@H](O)[C@H](O)[C@H]1Oc1ccc(OC2CCCCC2)cc1. The lowest BCUT2D eigenvalue weighted by molar-refractivity contribution is -0.287. The number of ether oxygens (including phenoxy) is 5. The third-order valence-electron chi connectivity index (χ3n) is 7.58. The molecule has 0 unspecified atom stereocenters. The zero-order valence-electron chi connectivity index (χ0n) is 21.0. The highest BCUT2D eigenvalue weighted by atomic mass is 16.7. The van der Waals surface area contributed by atoms with E-state index in [-0.39, 0.29) is 12.7 Å². The van der Waals surface area contributed by atoms with Crippen LogP contribution < -0.4 is 14.2 Å². The van der Waals surface area contributed by atoms with Crippen LogP contribution >= 0.6 is 0 Å². The first kappa shape index (κ1) is 25.3. The van der Waals surface area contributed by atoms with Crippen LogP contribution in [0.4, 0.5) is 0 Å². The van der Waals surface area contributed by atoms with Crippen LogP contribution in [0, 0.1) is 0 Å². The van der Waals surface area contributed by atoms with Crippen molar-refractivity contribution in [3.8, 4) is 17.2 Å². The summed E-state index contributed by atoms with van der Waals surface area (Å²) in [7, 11) is 1.50. The van der Waals surface area contributed by atoms with E-state index in [1.807, 2.05) is 24.3 Å². The number of benzene rings is 2. The molecule has 1 saturated carbocycles. The van der Waals surface area contributed by atoms with Gasteiger partial charge < -0.3 is 33.9 Å². The first-order chi connectivity index (χ1) is 17.6. The largest absolute Gasteiger partial charge is 0.490 e. The maximum atomic E-state index is 10.9. The van der Waals surface area contributed by atoms with Gasteiger partial charge in [0.25, 0.3) is 0 Å². The number of aliphatic hydroxyl groups excluding tert-OH is 2. The van der Waals surface area contributed by atoms with Crippen molar-refractivity contribution in [1.29, 1.82) is 0 Å². The predicted octanol–water partition coefficient (Wildman–Crippen LogP) is 4.20. The highest BCUT2D eigenvalue weighted by Gasteiger charge is 2.46. The summed E-state index contributed by atoms with van der Waals surface area (Å²) < 4.78 is 29.7. The molecule has 2 aliphatic carbocycles. The minimum atomic E-state index is -1.21. The van der Waals surface area contributed by atoms with Crippen molar-refractivity contribution in [2.24, 2.45) is 0 Å². The quantitative estimate of drug-likeness (QED) is 0.564. The molecule has 2 aromatic rings. The fourth-order valence-corrected chi connectivity index (χ4v) is 5.54. The molecule has 1 aliphatic heterocycles. The van der Waals surface area contributed by atoms with Crippen LogP contribution in [0.2, 0.25) is 0 Å². The second-order valence-electron chi connectivity index (χ2n) is 10.1. The van der Waals surface area contributed by atoms with Gasteiger partial charge in [-0.15, -0.1) is 0 Å². The third-order valence-corrected chi connectivity index (χ3v) is 7.58. The number of aryl methyl sites for hydroxylation is 1. The van der Waals surface area contributed by atoms with E-state index in [1.165, 1.54) is 43.9 Å².